The molecule has 0 aromatic carbocycles. The average Bonchev–Trinajstić information content (AvgIpc) is 2.81. The Hall–Kier alpha value is -0.610. The monoisotopic (exact) mass is 293 g/mol. The number of amides is 1. The lowest BCUT2D eigenvalue weighted by Gasteiger charge is -2.36. The fourth-order valence-electron chi connectivity index (χ4n) is 4.90. The molecule has 1 saturated carbocycles. The van der Waals surface area contributed by atoms with Crippen LogP contribution in [0.5, 0.6) is 0 Å². The Balaban J connectivity index is 1.53. The fourth-order valence-corrected chi connectivity index (χ4v) is 4.90. The molecule has 4 nitrogen and oxygen atoms in total. The minimum absolute atomic E-state index is 0.334. The van der Waals surface area contributed by atoms with Gasteiger partial charge in [-0.15, -0.1) is 0 Å². The molecule has 2 N–H and O–H groups in total. The van der Waals surface area contributed by atoms with Crippen molar-refractivity contribution in [3.8, 4) is 0 Å². The van der Waals surface area contributed by atoms with Crippen LogP contribution in [0.1, 0.15) is 39.5 Å². The number of nitrogens with zero attached hydrogens (tertiary/aromatic N) is 2. The van der Waals surface area contributed by atoms with Crippen LogP contribution in [0.2, 0.25) is 0 Å². The van der Waals surface area contributed by atoms with Gasteiger partial charge in [-0.25, -0.2) is 0 Å². The number of piperidine rings is 1. The van der Waals surface area contributed by atoms with Crippen molar-refractivity contribution in [3.63, 3.8) is 0 Å². The Morgan fingerprint density at radius 1 is 1.10 bits per heavy atom. The van der Waals surface area contributed by atoms with Crippen LogP contribution in [-0.2, 0) is 4.79 Å². The van der Waals surface area contributed by atoms with Crippen LogP contribution >= 0.6 is 0 Å². The number of hydrogen-bond acceptors (Lipinski definition) is 3. The number of rotatable bonds is 2. The van der Waals surface area contributed by atoms with Crippen LogP contribution in [-0.4, -0.2) is 54.5 Å². The molecule has 1 amide bonds. The molecular weight excluding hydrogens is 262 g/mol. The summed E-state index contributed by atoms with van der Waals surface area (Å²) in [6.45, 7) is 9.16. The zero-order valence-electron chi connectivity index (χ0n) is 13.6. The number of fused-ring (bicyclic) bond motifs is 1. The van der Waals surface area contributed by atoms with Crippen molar-refractivity contribution in [2.75, 3.05) is 32.7 Å². The highest BCUT2D eigenvalue weighted by Gasteiger charge is 2.39. The third kappa shape index (κ3) is 3.42. The first kappa shape index (κ1) is 15.3. The molecule has 3 aliphatic rings. The lowest BCUT2D eigenvalue weighted by molar-refractivity contribution is -0.134. The first-order valence-electron chi connectivity index (χ1n) is 8.78. The highest BCUT2D eigenvalue weighted by Crippen LogP contribution is 2.35. The second kappa shape index (κ2) is 6.25. The van der Waals surface area contributed by atoms with E-state index in [1.54, 1.807) is 0 Å². The minimum atomic E-state index is 0.334. The van der Waals surface area contributed by atoms with E-state index in [0.29, 0.717) is 36.2 Å². The normalized spacial score (nSPS) is 41.1. The van der Waals surface area contributed by atoms with Gasteiger partial charge in [0.15, 0.2) is 0 Å². The summed E-state index contributed by atoms with van der Waals surface area (Å²) in [5, 5.41) is 0. The molecule has 0 aromatic heterocycles. The summed E-state index contributed by atoms with van der Waals surface area (Å²) in [6, 6.07) is 0.360. The van der Waals surface area contributed by atoms with Gasteiger partial charge in [0, 0.05) is 32.2 Å². The van der Waals surface area contributed by atoms with Crippen molar-refractivity contribution < 1.29 is 4.79 Å². The van der Waals surface area contributed by atoms with Gasteiger partial charge in [0.1, 0.15) is 0 Å². The second-order valence-corrected chi connectivity index (χ2v) is 7.96. The van der Waals surface area contributed by atoms with Crippen molar-refractivity contribution in [3.05, 3.63) is 0 Å². The summed E-state index contributed by atoms with van der Waals surface area (Å²) >= 11 is 0. The van der Waals surface area contributed by atoms with E-state index in [9.17, 15) is 4.79 Å². The number of hydrogen-bond donors (Lipinski definition) is 1. The minimum Gasteiger partial charge on any atom is -0.341 e. The summed E-state index contributed by atoms with van der Waals surface area (Å²) in [5.74, 6) is 2.99. The molecule has 0 aromatic rings. The molecule has 2 saturated heterocycles. The molecule has 0 bridgehead atoms. The molecule has 3 rings (SSSR count). The average molecular weight is 293 g/mol. The van der Waals surface area contributed by atoms with Gasteiger partial charge in [-0.1, -0.05) is 20.3 Å². The smallest absolute Gasteiger partial charge is 0.236 e. The van der Waals surface area contributed by atoms with Crippen LogP contribution in [0.25, 0.3) is 0 Å². The third-order valence-electron chi connectivity index (χ3n) is 5.81. The molecule has 0 spiro atoms. The molecule has 4 heteroatoms. The van der Waals surface area contributed by atoms with Crippen LogP contribution in [0.4, 0.5) is 0 Å². The topological polar surface area (TPSA) is 49.6 Å². The maximum atomic E-state index is 12.6. The van der Waals surface area contributed by atoms with Crippen molar-refractivity contribution in [1.29, 1.82) is 0 Å². The SMILES string of the molecule is CC1CC(C)CN(C(=O)CN2CC3CCCC(N)C3C2)C1. The van der Waals surface area contributed by atoms with E-state index >= 15 is 0 Å². The number of carbonyl (C=O) groups is 1. The Morgan fingerprint density at radius 2 is 1.81 bits per heavy atom. The molecule has 2 aliphatic heterocycles. The van der Waals surface area contributed by atoms with E-state index in [4.69, 9.17) is 5.73 Å². The first-order chi connectivity index (χ1) is 10.0. The van der Waals surface area contributed by atoms with Crippen LogP contribution in [0.3, 0.4) is 0 Å². The summed E-state index contributed by atoms with van der Waals surface area (Å²) < 4.78 is 0. The van der Waals surface area contributed by atoms with Crippen molar-refractivity contribution >= 4 is 5.91 Å². The molecule has 2 heterocycles. The van der Waals surface area contributed by atoms with E-state index in [-0.39, 0.29) is 0 Å². The van der Waals surface area contributed by atoms with Crippen LogP contribution < -0.4 is 5.73 Å². The van der Waals surface area contributed by atoms with Crippen LogP contribution in [0, 0.1) is 23.7 Å². The standard InChI is InChI=1S/C17H31N3O/c1-12-6-13(2)8-20(7-12)17(21)11-19-9-14-4-3-5-16(18)15(14)10-19/h12-16H,3-11,18H2,1-2H3. The van der Waals surface area contributed by atoms with Crippen molar-refractivity contribution in [1.82, 2.24) is 9.80 Å². The second-order valence-electron chi connectivity index (χ2n) is 7.96. The molecule has 120 valence electrons. The Morgan fingerprint density at radius 3 is 2.48 bits per heavy atom. The van der Waals surface area contributed by atoms with E-state index in [2.05, 4.69) is 23.6 Å². The van der Waals surface area contributed by atoms with E-state index in [1.165, 1.54) is 25.7 Å². The molecule has 5 unspecified atom stereocenters. The van der Waals surface area contributed by atoms with Gasteiger partial charge in [-0.05, 0) is 42.9 Å². The largest absolute Gasteiger partial charge is 0.341 e. The van der Waals surface area contributed by atoms with Gasteiger partial charge in [0.25, 0.3) is 0 Å². The van der Waals surface area contributed by atoms with Gasteiger partial charge in [0.2, 0.25) is 5.91 Å². The number of nitrogens with two attached hydrogens (primary N) is 1. The van der Waals surface area contributed by atoms with Crippen molar-refractivity contribution in [2.24, 2.45) is 29.4 Å². The third-order valence-corrected chi connectivity index (χ3v) is 5.81. The van der Waals surface area contributed by atoms with Crippen LogP contribution in [0.15, 0.2) is 0 Å². The molecule has 21 heavy (non-hydrogen) atoms. The zero-order valence-corrected chi connectivity index (χ0v) is 13.6. The highest BCUT2D eigenvalue weighted by molar-refractivity contribution is 5.78. The van der Waals surface area contributed by atoms with Gasteiger partial charge < -0.3 is 10.6 Å². The van der Waals surface area contributed by atoms with E-state index < -0.39 is 0 Å². The van der Waals surface area contributed by atoms with Gasteiger partial charge in [-0.3, -0.25) is 9.69 Å². The molecule has 5 atom stereocenters. The van der Waals surface area contributed by atoms with Gasteiger partial charge in [-0.2, -0.15) is 0 Å². The number of carbonyl (C=O) groups excluding carboxylic acids is 1. The van der Waals surface area contributed by atoms with E-state index in [1.807, 2.05) is 0 Å². The zero-order chi connectivity index (χ0) is 15.0. The first-order valence-corrected chi connectivity index (χ1v) is 8.78. The Kier molecular flexibility index (Phi) is 4.55. The Labute approximate surface area is 129 Å². The number of likely N-dealkylation sites (tertiary alicyclic amines) is 2. The van der Waals surface area contributed by atoms with Gasteiger partial charge >= 0.3 is 0 Å². The predicted octanol–water partition coefficient (Wildman–Crippen LogP) is 1.55. The molecular formula is C17H31N3O. The summed E-state index contributed by atoms with van der Waals surface area (Å²) in [7, 11) is 0. The highest BCUT2D eigenvalue weighted by atomic mass is 16.2. The summed E-state index contributed by atoms with van der Waals surface area (Å²) in [4.78, 5) is 17.1. The quantitative estimate of drug-likeness (QED) is 0.840. The molecule has 3 fully saturated rings. The van der Waals surface area contributed by atoms with E-state index in [0.717, 1.165) is 32.1 Å². The maximum absolute atomic E-state index is 12.6. The molecule has 0 radical (unpaired) electrons. The summed E-state index contributed by atoms with van der Waals surface area (Å²) in [5.41, 5.74) is 6.27. The lowest BCUT2D eigenvalue weighted by atomic mass is 9.78. The fraction of sp³-hybridized carbons (Fsp3) is 0.941. The van der Waals surface area contributed by atoms with Crippen molar-refractivity contribution in [2.45, 2.75) is 45.6 Å². The molecule has 1 aliphatic carbocycles. The Bertz CT molecular complexity index is 376. The predicted molar refractivity (Wildman–Crippen MR) is 84.8 cm³/mol. The lowest BCUT2D eigenvalue weighted by Crippen LogP contribution is -2.46. The summed E-state index contributed by atoms with van der Waals surface area (Å²) in [6.07, 6.45) is 5.00. The van der Waals surface area contributed by atoms with Gasteiger partial charge in [0.05, 0.1) is 6.54 Å². The maximum Gasteiger partial charge on any atom is 0.236 e.